The van der Waals surface area contributed by atoms with E-state index in [-0.39, 0.29) is 12.5 Å². The minimum Gasteiger partial charge on any atom is -0.392 e. The average Bonchev–Trinajstić information content (AvgIpc) is 2.69. The fourth-order valence-corrected chi connectivity index (χ4v) is 2.06. The molecule has 0 radical (unpaired) electrons. The number of hydrogen-bond acceptors (Lipinski definition) is 2. The van der Waals surface area contributed by atoms with Gasteiger partial charge in [0.15, 0.2) is 0 Å². The second kappa shape index (κ2) is 4.82. The van der Waals surface area contributed by atoms with Crippen LogP contribution in [0.3, 0.4) is 0 Å². The fraction of sp³-hybridized carbons (Fsp3) is 0.357. The fourth-order valence-electron chi connectivity index (χ4n) is 2.06. The lowest BCUT2D eigenvalue weighted by molar-refractivity contribution is 0.0920. The molecule has 96 valence electrons. The molecule has 1 aromatic heterocycles. The van der Waals surface area contributed by atoms with Crippen LogP contribution < -0.4 is 5.32 Å². The Bertz CT molecular complexity index is 585. The summed E-state index contributed by atoms with van der Waals surface area (Å²) in [7, 11) is 0. The van der Waals surface area contributed by atoms with Crippen molar-refractivity contribution in [2.45, 2.75) is 26.9 Å². The van der Waals surface area contributed by atoms with Crippen LogP contribution in [0.4, 0.5) is 0 Å². The molecule has 0 fully saturated rings. The molecule has 0 saturated carbocycles. The molecule has 3 N–H and O–H groups in total. The Hall–Kier alpha value is -1.81. The molecule has 0 aliphatic carbocycles. The van der Waals surface area contributed by atoms with Crippen molar-refractivity contribution in [3.63, 3.8) is 0 Å². The summed E-state index contributed by atoms with van der Waals surface area (Å²) in [6.45, 7) is 5.95. The quantitative estimate of drug-likeness (QED) is 0.774. The molecule has 2 aromatic rings. The summed E-state index contributed by atoms with van der Waals surface area (Å²) >= 11 is 0. The van der Waals surface area contributed by atoms with Gasteiger partial charge < -0.3 is 15.4 Å². The molecule has 4 heteroatoms. The van der Waals surface area contributed by atoms with Crippen molar-refractivity contribution in [3.05, 3.63) is 35.0 Å². The van der Waals surface area contributed by atoms with Gasteiger partial charge in [-0.05, 0) is 44.0 Å². The molecule has 1 aromatic carbocycles. The number of benzene rings is 1. The summed E-state index contributed by atoms with van der Waals surface area (Å²) in [5.41, 5.74) is 3.81. The highest BCUT2D eigenvalue weighted by Crippen LogP contribution is 2.21. The van der Waals surface area contributed by atoms with Crippen molar-refractivity contribution in [1.29, 1.82) is 0 Å². The number of aromatic nitrogens is 1. The number of nitrogens with one attached hydrogen (secondary N) is 2. The normalized spacial score (nSPS) is 12.7. The average molecular weight is 246 g/mol. The first-order valence-electron chi connectivity index (χ1n) is 6.03. The summed E-state index contributed by atoms with van der Waals surface area (Å²) in [5, 5.41) is 12.9. The third-order valence-electron chi connectivity index (χ3n) is 2.89. The highest BCUT2D eigenvalue weighted by atomic mass is 16.3. The maximum Gasteiger partial charge on any atom is 0.267 e. The number of carbonyl (C=O) groups is 1. The van der Waals surface area contributed by atoms with E-state index in [1.165, 1.54) is 0 Å². The molecule has 0 bridgehead atoms. The summed E-state index contributed by atoms with van der Waals surface area (Å²) in [4.78, 5) is 15.0. The summed E-state index contributed by atoms with van der Waals surface area (Å²) in [6, 6.07) is 5.96. The highest BCUT2D eigenvalue weighted by molar-refractivity contribution is 5.98. The Morgan fingerprint density at radius 3 is 2.78 bits per heavy atom. The van der Waals surface area contributed by atoms with Gasteiger partial charge in [-0.25, -0.2) is 0 Å². The Balaban J connectivity index is 2.30. The van der Waals surface area contributed by atoms with E-state index in [4.69, 9.17) is 5.11 Å². The number of aliphatic hydroxyl groups excluding tert-OH is 1. The zero-order chi connectivity index (χ0) is 13.3. The van der Waals surface area contributed by atoms with Gasteiger partial charge in [0.1, 0.15) is 5.69 Å². The number of H-pyrrole nitrogens is 1. The van der Waals surface area contributed by atoms with Crippen LogP contribution in [0.1, 0.15) is 28.5 Å². The smallest absolute Gasteiger partial charge is 0.267 e. The second-order valence-corrected chi connectivity index (χ2v) is 4.79. The number of carbonyl (C=O) groups excluding carboxylic acids is 1. The van der Waals surface area contributed by atoms with Gasteiger partial charge in [-0.1, -0.05) is 6.07 Å². The molecule has 0 unspecified atom stereocenters. The van der Waals surface area contributed by atoms with Crippen molar-refractivity contribution in [3.8, 4) is 0 Å². The molecule has 0 aliphatic rings. The summed E-state index contributed by atoms with van der Waals surface area (Å²) in [6.07, 6.45) is -0.540. The number of aliphatic hydroxyl groups is 1. The number of hydrogen-bond donors (Lipinski definition) is 3. The van der Waals surface area contributed by atoms with Crippen molar-refractivity contribution >= 4 is 16.8 Å². The minimum absolute atomic E-state index is 0.191. The lowest BCUT2D eigenvalue weighted by Crippen LogP contribution is -2.30. The number of aryl methyl sites for hydroxylation is 2. The molecule has 18 heavy (non-hydrogen) atoms. The number of aromatic amines is 1. The Labute approximate surface area is 106 Å². The van der Waals surface area contributed by atoms with Gasteiger partial charge in [0.05, 0.1) is 6.10 Å². The first kappa shape index (κ1) is 12.6. The second-order valence-electron chi connectivity index (χ2n) is 4.79. The molecule has 0 aliphatic heterocycles. The summed E-state index contributed by atoms with van der Waals surface area (Å²) < 4.78 is 0. The first-order valence-corrected chi connectivity index (χ1v) is 6.03. The van der Waals surface area contributed by atoms with Crippen LogP contribution in [0.2, 0.25) is 0 Å². The third kappa shape index (κ3) is 2.54. The monoisotopic (exact) mass is 246 g/mol. The predicted molar refractivity (Wildman–Crippen MR) is 71.8 cm³/mol. The molecular weight excluding hydrogens is 228 g/mol. The number of fused-ring (bicyclic) bond motifs is 1. The van der Waals surface area contributed by atoms with Gasteiger partial charge in [-0.2, -0.15) is 0 Å². The van der Waals surface area contributed by atoms with E-state index in [9.17, 15) is 4.79 Å². The van der Waals surface area contributed by atoms with E-state index in [0.717, 1.165) is 22.0 Å². The van der Waals surface area contributed by atoms with Gasteiger partial charge in [0.2, 0.25) is 0 Å². The highest BCUT2D eigenvalue weighted by Gasteiger charge is 2.11. The van der Waals surface area contributed by atoms with Crippen LogP contribution >= 0.6 is 0 Å². The van der Waals surface area contributed by atoms with E-state index in [0.29, 0.717) is 5.69 Å². The van der Waals surface area contributed by atoms with Crippen LogP contribution in [0.5, 0.6) is 0 Å². The van der Waals surface area contributed by atoms with E-state index < -0.39 is 6.10 Å². The van der Waals surface area contributed by atoms with Gasteiger partial charge in [0, 0.05) is 17.4 Å². The number of rotatable bonds is 3. The molecule has 1 heterocycles. The largest absolute Gasteiger partial charge is 0.392 e. The van der Waals surface area contributed by atoms with Gasteiger partial charge in [0.25, 0.3) is 5.91 Å². The van der Waals surface area contributed by atoms with Crippen LogP contribution in [0.25, 0.3) is 10.9 Å². The van der Waals surface area contributed by atoms with Crippen LogP contribution in [-0.4, -0.2) is 28.6 Å². The van der Waals surface area contributed by atoms with Crippen molar-refractivity contribution in [1.82, 2.24) is 10.3 Å². The van der Waals surface area contributed by atoms with E-state index >= 15 is 0 Å². The van der Waals surface area contributed by atoms with Crippen LogP contribution in [0, 0.1) is 13.8 Å². The van der Waals surface area contributed by atoms with Gasteiger partial charge in [-0.15, -0.1) is 0 Å². The zero-order valence-electron chi connectivity index (χ0n) is 10.9. The Morgan fingerprint density at radius 2 is 2.11 bits per heavy atom. The first-order chi connectivity index (χ1) is 8.47. The third-order valence-corrected chi connectivity index (χ3v) is 2.89. The van der Waals surface area contributed by atoms with Crippen LogP contribution in [0.15, 0.2) is 18.2 Å². The lowest BCUT2D eigenvalue weighted by atomic mass is 10.1. The van der Waals surface area contributed by atoms with E-state index in [1.54, 1.807) is 6.92 Å². The molecule has 2 rings (SSSR count). The van der Waals surface area contributed by atoms with Crippen molar-refractivity contribution in [2.24, 2.45) is 0 Å². The van der Waals surface area contributed by atoms with Gasteiger partial charge in [-0.3, -0.25) is 4.79 Å². The SMILES string of the molecule is Cc1cc(C)c2cc(C(=O)NC[C@H](C)O)[nH]c2c1. The van der Waals surface area contributed by atoms with Crippen LogP contribution in [-0.2, 0) is 0 Å². The molecular formula is C14H18N2O2. The standard InChI is InChI=1S/C14H18N2O2/c1-8-4-9(2)11-6-13(16-12(11)5-8)14(18)15-7-10(3)17/h4-6,10,16-17H,7H2,1-3H3,(H,15,18)/t10-/m0/s1. The molecule has 1 atom stereocenters. The molecule has 4 nitrogen and oxygen atoms in total. The van der Waals surface area contributed by atoms with Gasteiger partial charge >= 0.3 is 0 Å². The Morgan fingerprint density at radius 1 is 1.39 bits per heavy atom. The summed E-state index contributed by atoms with van der Waals surface area (Å²) in [5.74, 6) is -0.191. The predicted octanol–water partition coefficient (Wildman–Crippen LogP) is 1.90. The molecule has 0 saturated heterocycles. The number of amides is 1. The minimum atomic E-state index is -0.540. The van der Waals surface area contributed by atoms with Crippen molar-refractivity contribution in [2.75, 3.05) is 6.54 Å². The molecule has 1 amide bonds. The van der Waals surface area contributed by atoms with E-state index in [1.807, 2.05) is 26.0 Å². The van der Waals surface area contributed by atoms with E-state index in [2.05, 4.69) is 16.4 Å². The zero-order valence-corrected chi connectivity index (χ0v) is 10.9. The maximum atomic E-state index is 11.9. The maximum absolute atomic E-state index is 11.9. The van der Waals surface area contributed by atoms with Crippen molar-refractivity contribution < 1.29 is 9.90 Å². The lowest BCUT2D eigenvalue weighted by Gasteiger charge is -2.05. The Kier molecular flexibility index (Phi) is 3.39. The molecule has 0 spiro atoms. The topological polar surface area (TPSA) is 65.1 Å².